The zero-order valence-electron chi connectivity index (χ0n) is 14.5. The lowest BCUT2D eigenvalue weighted by Gasteiger charge is -2.08. The SMILES string of the molecule is Cc1cccc(Nc2nnc(SCC(=O)Nc3cc(Cl)ccc3Cl)s2)c1C. The monoisotopic (exact) mass is 438 g/mol. The minimum Gasteiger partial charge on any atom is -0.330 e. The van der Waals surface area contributed by atoms with Gasteiger partial charge in [0.1, 0.15) is 0 Å². The van der Waals surface area contributed by atoms with Crippen LogP contribution < -0.4 is 10.6 Å². The molecule has 27 heavy (non-hydrogen) atoms. The Morgan fingerprint density at radius 2 is 1.96 bits per heavy atom. The number of carbonyl (C=O) groups is 1. The number of hydrogen-bond donors (Lipinski definition) is 2. The van der Waals surface area contributed by atoms with Crippen LogP contribution in [0.1, 0.15) is 11.1 Å². The molecule has 0 aliphatic rings. The van der Waals surface area contributed by atoms with Crippen molar-refractivity contribution in [1.82, 2.24) is 10.2 Å². The Kier molecular flexibility index (Phi) is 6.59. The van der Waals surface area contributed by atoms with Crippen LogP contribution in [-0.4, -0.2) is 21.9 Å². The molecule has 0 fully saturated rings. The van der Waals surface area contributed by atoms with Gasteiger partial charge in [0.25, 0.3) is 0 Å². The van der Waals surface area contributed by atoms with Crippen molar-refractivity contribution in [1.29, 1.82) is 0 Å². The van der Waals surface area contributed by atoms with Gasteiger partial charge in [0.15, 0.2) is 4.34 Å². The molecule has 140 valence electrons. The number of thioether (sulfide) groups is 1. The van der Waals surface area contributed by atoms with E-state index in [2.05, 4.69) is 40.7 Å². The number of aryl methyl sites for hydroxylation is 1. The van der Waals surface area contributed by atoms with Crippen LogP contribution in [0.3, 0.4) is 0 Å². The van der Waals surface area contributed by atoms with Crippen molar-refractivity contribution < 1.29 is 4.79 Å². The Balaban J connectivity index is 1.57. The normalized spacial score (nSPS) is 10.7. The summed E-state index contributed by atoms with van der Waals surface area (Å²) in [5.74, 6) is 0.00409. The van der Waals surface area contributed by atoms with Crippen LogP contribution in [0.15, 0.2) is 40.7 Å². The van der Waals surface area contributed by atoms with Crippen molar-refractivity contribution in [2.24, 2.45) is 0 Å². The Morgan fingerprint density at radius 1 is 1.15 bits per heavy atom. The molecule has 0 atom stereocenters. The fourth-order valence-electron chi connectivity index (χ4n) is 2.23. The number of carbonyl (C=O) groups excluding carboxylic acids is 1. The molecule has 0 spiro atoms. The largest absolute Gasteiger partial charge is 0.330 e. The van der Waals surface area contributed by atoms with Crippen molar-refractivity contribution in [3.8, 4) is 0 Å². The average Bonchev–Trinajstić information content (AvgIpc) is 3.08. The van der Waals surface area contributed by atoms with E-state index in [4.69, 9.17) is 23.2 Å². The van der Waals surface area contributed by atoms with Crippen molar-refractivity contribution in [2.75, 3.05) is 16.4 Å². The third kappa shape index (κ3) is 5.35. The number of anilines is 3. The summed E-state index contributed by atoms with van der Waals surface area (Å²) < 4.78 is 0.704. The zero-order chi connectivity index (χ0) is 19.4. The highest BCUT2D eigenvalue weighted by Crippen LogP contribution is 2.30. The second kappa shape index (κ2) is 8.93. The van der Waals surface area contributed by atoms with Crippen molar-refractivity contribution in [2.45, 2.75) is 18.2 Å². The number of halogens is 2. The first-order valence-corrected chi connectivity index (χ1v) is 10.5. The fraction of sp³-hybridized carbons (Fsp3) is 0.167. The molecule has 0 saturated heterocycles. The molecule has 3 rings (SSSR count). The van der Waals surface area contributed by atoms with Gasteiger partial charge >= 0.3 is 0 Å². The molecule has 3 aromatic rings. The van der Waals surface area contributed by atoms with Gasteiger partial charge in [0.05, 0.1) is 16.5 Å². The lowest BCUT2D eigenvalue weighted by atomic mass is 10.1. The number of nitrogens with zero attached hydrogens (tertiary/aromatic N) is 2. The van der Waals surface area contributed by atoms with Gasteiger partial charge in [-0.05, 0) is 49.2 Å². The maximum atomic E-state index is 12.1. The summed E-state index contributed by atoms with van der Waals surface area (Å²) in [6.07, 6.45) is 0. The van der Waals surface area contributed by atoms with Gasteiger partial charge in [-0.3, -0.25) is 4.79 Å². The Morgan fingerprint density at radius 3 is 2.78 bits per heavy atom. The van der Waals surface area contributed by atoms with Crippen LogP contribution in [0.25, 0.3) is 0 Å². The highest BCUT2D eigenvalue weighted by Gasteiger charge is 2.11. The highest BCUT2D eigenvalue weighted by molar-refractivity contribution is 8.01. The number of aromatic nitrogens is 2. The van der Waals surface area contributed by atoms with Gasteiger partial charge in [-0.1, -0.05) is 58.4 Å². The molecule has 1 heterocycles. The quantitative estimate of drug-likeness (QED) is 0.466. The van der Waals surface area contributed by atoms with Gasteiger partial charge in [0, 0.05) is 10.7 Å². The Hall–Kier alpha value is -1.80. The number of nitrogens with one attached hydrogen (secondary N) is 2. The smallest absolute Gasteiger partial charge is 0.234 e. The topological polar surface area (TPSA) is 66.9 Å². The minimum atomic E-state index is -0.191. The number of benzene rings is 2. The average molecular weight is 439 g/mol. The van der Waals surface area contributed by atoms with Crippen molar-refractivity contribution in [3.63, 3.8) is 0 Å². The minimum absolute atomic E-state index is 0.191. The standard InChI is InChI=1S/C18H16Cl2N4OS2/c1-10-4-3-5-14(11(10)2)22-17-23-24-18(27-17)26-9-16(25)21-15-8-12(19)6-7-13(15)20/h3-8H,9H2,1-2H3,(H,21,25)(H,22,23). The molecule has 5 nitrogen and oxygen atoms in total. The van der Waals surface area contributed by atoms with E-state index in [1.54, 1.807) is 18.2 Å². The lowest BCUT2D eigenvalue weighted by Crippen LogP contribution is -2.14. The van der Waals surface area contributed by atoms with Gasteiger partial charge < -0.3 is 10.6 Å². The molecular weight excluding hydrogens is 423 g/mol. The van der Waals surface area contributed by atoms with Crippen LogP contribution in [0.2, 0.25) is 10.0 Å². The molecule has 0 aliphatic carbocycles. The number of hydrogen-bond acceptors (Lipinski definition) is 6. The van der Waals surface area contributed by atoms with Gasteiger partial charge in [0.2, 0.25) is 11.0 Å². The fourth-order valence-corrected chi connectivity index (χ4v) is 4.13. The molecule has 0 bridgehead atoms. The van der Waals surface area contributed by atoms with Crippen LogP contribution >= 0.6 is 46.3 Å². The molecule has 1 aromatic heterocycles. The van der Waals surface area contributed by atoms with Gasteiger partial charge in [-0.25, -0.2) is 0 Å². The number of amides is 1. The van der Waals surface area contributed by atoms with Crippen LogP contribution in [-0.2, 0) is 4.79 Å². The van der Waals surface area contributed by atoms with Crippen molar-refractivity contribution >= 4 is 68.7 Å². The van der Waals surface area contributed by atoms with E-state index < -0.39 is 0 Å². The first-order valence-electron chi connectivity index (χ1n) is 7.97. The van der Waals surface area contributed by atoms with E-state index in [9.17, 15) is 4.79 Å². The molecule has 0 radical (unpaired) electrons. The predicted molar refractivity (Wildman–Crippen MR) is 115 cm³/mol. The highest BCUT2D eigenvalue weighted by atomic mass is 35.5. The van der Waals surface area contributed by atoms with E-state index in [-0.39, 0.29) is 11.7 Å². The maximum absolute atomic E-state index is 12.1. The van der Waals surface area contributed by atoms with E-state index >= 15 is 0 Å². The van der Waals surface area contributed by atoms with Gasteiger partial charge in [-0.2, -0.15) is 0 Å². The molecule has 2 aromatic carbocycles. The first kappa shape index (κ1) is 19.9. The molecule has 0 aliphatic heterocycles. The summed E-state index contributed by atoms with van der Waals surface area (Å²) in [5, 5.41) is 15.9. The third-order valence-corrected chi connectivity index (χ3v) is 6.32. The second-order valence-corrected chi connectivity index (χ2v) is 8.75. The Bertz CT molecular complexity index is 978. The van der Waals surface area contributed by atoms with E-state index in [0.717, 1.165) is 5.69 Å². The van der Waals surface area contributed by atoms with Gasteiger partial charge in [-0.15, -0.1) is 10.2 Å². The van der Waals surface area contributed by atoms with Crippen LogP contribution in [0.4, 0.5) is 16.5 Å². The maximum Gasteiger partial charge on any atom is 0.234 e. The second-order valence-electron chi connectivity index (χ2n) is 5.71. The third-order valence-electron chi connectivity index (χ3n) is 3.78. The molecule has 1 amide bonds. The van der Waals surface area contributed by atoms with Crippen LogP contribution in [0, 0.1) is 13.8 Å². The van der Waals surface area contributed by atoms with Crippen LogP contribution in [0.5, 0.6) is 0 Å². The number of rotatable bonds is 6. The molecule has 9 heteroatoms. The molecule has 2 N–H and O–H groups in total. The summed E-state index contributed by atoms with van der Waals surface area (Å²) in [5.41, 5.74) is 3.86. The van der Waals surface area contributed by atoms with E-state index in [1.807, 2.05) is 12.1 Å². The summed E-state index contributed by atoms with van der Waals surface area (Å²) >= 11 is 14.7. The lowest BCUT2D eigenvalue weighted by molar-refractivity contribution is -0.113. The van der Waals surface area contributed by atoms with E-state index in [0.29, 0.717) is 25.2 Å². The molecule has 0 saturated carbocycles. The van der Waals surface area contributed by atoms with E-state index in [1.165, 1.54) is 34.2 Å². The molecule has 0 unspecified atom stereocenters. The molecular formula is C18H16Cl2N4OS2. The summed E-state index contributed by atoms with van der Waals surface area (Å²) in [6, 6.07) is 11.0. The summed E-state index contributed by atoms with van der Waals surface area (Å²) in [4.78, 5) is 12.1. The summed E-state index contributed by atoms with van der Waals surface area (Å²) in [7, 11) is 0. The van der Waals surface area contributed by atoms with Crippen molar-refractivity contribution in [3.05, 3.63) is 57.6 Å². The first-order chi connectivity index (χ1) is 12.9. The zero-order valence-corrected chi connectivity index (χ0v) is 17.7. The predicted octanol–water partition coefficient (Wildman–Crippen LogP) is 5.94. The summed E-state index contributed by atoms with van der Waals surface area (Å²) in [6.45, 7) is 4.12. The Labute approximate surface area is 175 Å².